The molecule has 1 aliphatic heterocycles. The van der Waals surface area contributed by atoms with E-state index in [1.807, 2.05) is 18.3 Å². The third kappa shape index (κ3) is 3.19. The second-order valence-electron chi connectivity index (χ2n) is 6.59. The number of halogens is 1. The largest absolute Gasteiger partial charge is 0.347 e. The molecule has 2 aromatic rings. The molecule has 0 unspecified atom stereocenters. The van der Waals surface area contributed by atoms with Gasteiger partial charge in [-0.3, -0.25) is 14.4 Å². The molecule has 0 atom stereocenters. The molecule has 6 heteroatoms. The Hall–Kier alpha value is -2.21. The lowest BCUT2D eigenvalue weighted by Gasteiger charge is -2.42. The number of aromatic nitrogens is 2. The van der Waals surface area contributed by atoms with Crippen LogP contribution in [-0.4, -0.2) is 52.7 Å². The molecule has 1 saturated heterocycles. The Balaban J connectivity index is 1.74. The van der Waals surface area contributed by atoms with Gasteiger partial charge in [0.15, 0.2) is 0 Å². The van der Waals surface area contributed by atoms with Crippen molar-refractivity contribution < 1.29 is 9.18 Å². The van der Waals surface area contributed by atoms with E-state index in [-0.39, 0.29) is 11.7 Å². The molecule has 3 rings (SSSR count). The molecule has 0 radical (unpaired) electrons. The van der Waals surface area contributed by atoms with E-state index in [4.69, 9.17) is 0 Å². The number of carbonyl (C=O) groups is 1. The van der Waals surface area contributed by atoms with Gasteiger partial charge in [-0.25, -0.2) is 4.39 Å². The van der Waals surface area contributed by atoms with Crippen LogP contribution >= 0.6 is 0 Å². The van der Waals surface area contributed by atoms with E-state index in [2.05, 4.69) is 10.00 Å². The average molecular weight is 330 g/mol. The first-order chi connectivity index (χ1) is 11.5. The predicted octanol–water partition coefficient (Wildman–Crippen LogP) is 2.10. The van der Waals surface area contributed by atoms with Crippen LogP contribution < -0.4 is 0 Å². The van der Waals surface area contributed by atoms with E-state index in [1.54, 1.807) is 42.0 Å². The number of likely N-dealkylation sites (N-methyl/N-ethyl adjacent to an activating group) is 1. The van der Waals surface area contributed by atoms with Crippen molar-refractivity contribution in [3.8, 4) is 0 Å². The van der Waals surface area contributed by atoms with E-state index in [1.165, 1.54) is 6.07 Å². The lowest BCUT2D eigenvalue weighted by atomic mass is 9.86. The highest BCUT2D eigenvalue weighted by Gasteiger charge is 2.44. The van der Waals surface area contributed by atoms with E-state index in [9.17, 15) is 9.18 Å². The second kappa shape index (κ2) is 6.73. The van der Waals surface area contributed by atoms with Crippen molar-refractivity contribution in [2.75, 3.05) is 27.2 Å². The number of likely N-dealkylation sites (tertiary alicyclic amines) is 1. The van der Waals surface area contributed by atoms with Crippen LogP contribution in [0.15, 0.2) is 42.7 Å². The number of piperidine rings is 1. The number of hydrogen-bond donors (Lipinski definition) is 0. The first-order valence-electron chi connectivity index (χ1n) is 8.20. The Morgan fingerprint density at radius 1 is 1.29 bits per heavy atom. The molecule has 1 amide bonds. The maximum Gasteiger partial charge on any atom is 0.250 e. The van der Waals surface area contributed by atoms with Crippen molar-refractivity contribution >= 4 is 5.91 Å². The molecule has 2 heterocycles. The lowest BCUT2D eigenvalue weighted by molar-refractivity contribution is -0.141. The Bertz CT molecular complexity index is 691. The van der Waals surface area contributed by atoms with E-state index < -0.39 is 5.54 Å². The number of amides is 1. The van der Waals surface area contributed by atoms with E-state index in [0.717, 1.165) is 18.7 Å². The summed E-state index contributed by atoms with van der Waals surface area (Å²) in [6.07, 6.45) is 4.97. The van der Waals surface area contributed by atoms with Crippen molar-refractivity contribution in [3.63, 3.8) is 0 Å². The highest BCUT2D eigenvalue weighted by Crippen LogP contribution is 2.32. The quantitative estimate of drug-likeness (QED) is 0.862. The highest BCUT2D eigenvalue weighted by atomic mass is 19.1. The minimum Gasteiger partial charge on any atom is -0.347 e. The molecule has 1 fully saturated rings. The summed E-state index contributed by atoms with van der Waals surface area (Å²) in [6, 6.07) is 8.55. The van der Waals surface area contributed by atoms with Crippen LogP contribution in [0.25, 0.3) is 0 Å². The van der Waals surface area contributed by atoms with Gasteiger partial charge in [0, 0.05) is 46.1 Å². The van der Waals surface area contributed by atoms with Crippen LogP contribution in [0.5, 0.6) is 0 Å². The summed E-state index contributed by atoms with van der Waals surface area (Å²) >= 11 is 0. The Kier molecular flexibility index (Phi) is 4.66. The average Bonchev–Trinajstić information content (AvgIpc) is 3.10. The monoisotopic (exact) mass is 330 g/mol. The van der Waals surface area contributed by atoms with Crippen LogP contribution in [0.3, 0.4) is 0 Å². The lowest BCUT2D eigenvalue weighted by Crippen LogP contribution is -2.54. The van der Waals surface area contributed by atoms with Crippen LogP contribution in [0.4, 0.5) is 4.39 Å². The number of hydrogen-bond acceptors (Lipinski definition) is 3. The van der Waals surface area contributed by atoms with Gasteiger partial charge in [-0.05, 0) is 36.6 Å². The Morgan fingerprint density at radius 3 is 2.62 bits per heavy atom. The second-order valence-corrected chi connectivity index (χ2v) is 6.59. The zero-order chi connectivity index (χ0) is 17.2. The van der Waals surface area contributed by atoms with Gasteiger partial charge >= 0.3 is 0 Å². The van der Waals surface area contributed by atoms with E-state index in [0.29, 0.717) is 19.4 Å². The summed E-state index contributed by atoms with van der Waals surface area (Å²) in [5.41, 5.74) is 0.339. The van der Waals surface area contributed by atoms with Gasteiger partial charge in [0.25, 0.3) is 0 Å². The maximum atomic E-state index is 13.3. The Morgan fingerprint density at radius 2 is 2.04 bits per heavy atom. The zero-order valence-electron chi connectivity index (χ0n) is 14.2. The number of nitrogens with zero attached hydrogens (tertiary/aromatic N) is 4. The van der Waals surface area contributed by atoms with Crippen LogP contribution in [0, 0.1) is 5.82 Å². The van der Waals surface area contributed by atoms with Crippen LogP contribution in [0.2, 0.25) is 0 Å². The topological polar surface area (TPSA) is 41.4 Å². The normalized spacial score (nSPS) is 17.6. The first-order valence-corrected chi connectivity index (χ1v) is 8.20. The minimum atomic E-state index is -0.620. The van der Waals surface area contributed by atoms with Crippen molar-refractivity contribution in [1.29, 1.82) is 0 Å². The minimum absolute atomic E-state index is 0.0802. The number of rotatable bonds is 4. The third-order valence-electron chi connectivity index (χ3n) is 4.73. The van der Waals surface area contributed by atoms with Crippen molar-refractivity contribution in [1.82, 2.24) is 19.6 Å². The Labute approximate surface area is 141 Å². The summed E-state index contributed by atoms with van der Waals surface area (Å²) in [4.78, 5) is 16.7. The summed E-state index contributed by atoms with van der Waals surface area (Å²) in [5, 5.41) is 4.34. The zero-order valence-corrected chi connectivity index (χ0v) is 14.2. The van der Waals surface area contributed by atoms with Crippen LogP contribution in [-0.2, 0) is 16.9 Å². The molecular formula is C18H23FN4O. The summed E-state index contributed by atoms with van der Waals surface area (Å²) in [6.45, 7) is 2.25. The molecule has 128 valence electrons. The number of benzene rings is 1. The fraction of sp³-hybridized carbons (Fsp3) is 0.444. The number of carbonyl (C=O) groups excluding carboxylic acids is 1. The van der Waals surface area contributed by atoms with Crippen molar-refractivity contribution in [2.45, 2.75) is 24.9 Å². The van der Waals surface area contributed by atoms with E-state index >= 15 is 0 Å². The molecule has 0 aliphatic carbocycles. The molecule has 5 nitrogen and oxygen atoms in total. The molecule has 24 heavy (non-hydrogen) atoms. The molecule has 1 aliphatic rings. The SMILES string of the molecule is CN(C)C(=O)C1(n2cccn2)CCN(Cc2cccc(F)c2)CC1. The molecule has 0 saturated carbocycles. The maximum absolute atomic E-state index is 13.3. The van der Waals surface area contributed by atoms with Gasteiger partial charge in [0.05, 0.1) is 0 Å². The highest BCUT2D eigenvalue weighted by molar-refractivity contribution is 5.84. The van der Waals surface area contributed by atoms with Gasteiger partial charge in [-0.2, -0.15) is 5.10 Å². The fourth-order valence-corrected chi connectivity index (χ4v) is 3.45. The van der Waals surface area contributed by atoms with Crippen molar-refractivity contribution in [2.24, 2.45) is 0 Å². The summed E-state index contributed by atoms with van der Waals surface area (Å²) in [7, 11) is 3.57. The molecule has 0 bridgehead atoms. The van der Waals surface area contributed by atoms with Gasteiger partial charge < -0.3 is 4.90 Å². The molecule has 0 N–H and O–H groups in total. The van der Waals surface area contributed by atoms with Gasteiger partial charge in [-0.1, -0.05) is 12.1 Å². The molecule has 1 aromatic heterocycles. The van der Waals surface area contributed by atoms with Crippen molar-refractivity contribution in [3.05, 3.63) is 54.1 Å². The molecular weight excluding hydrogens is 307 g/mol. The molecule has 0 spiro atoms. The molecule has 1 aromatic carbocycles. The smallest absolute Gasteiger partial charge is 0.250 e. The first kappa shape index (κ1) is 16.6. The van der Waals surface area contributed by atoms with Gasteiger partial charge in [-0.15, -0.1) is 0 Å². The van der Waals surface area contributed by atoms with Gasteiger partial charge in [0.2, 0.25) is 5.91 Å². The standard InChI is InChI=1S/C18H23FN4O/c1-21(2)17(24)18(23-10-4-9-20-23)7-11-22(12-8-18)14-15-5-3-6-16(19)13-15/h3-6,9-10,13H,7-8,11-12,14H2,1-2H3. The predicted molar refractivity (Wildman–Crippen MR) is 89.8 cm³/mol. The summed E-state index contributed by atoms with van der Waals surface area (Å²) < 4.78 is 15.1. The summed E-state index contributed by atoms with van der Waals surface area (Å²) in [5.74, 6) is -0.130. The fourth-order valence-electron chi connectivity index (χ4n) is 3.45. The van der Waals surface area contributed by atoms with Gasteiger partial charge in [0.1, 0.15) is 11.4 Å². The third-order valence-corrected chi connectivity index (χ3v) is 4.73. The van der Waals surface area contributed by atoms with Crippen LogP contribution in [0.1, 0.15) is 18.4 Å².